The predicted molar refractivity (Wildman–Crippen MR) is 32.6 cm³/mol. The van der Waals surface area contributed by atoms with E-state index >= 15 is 0 Å². The lowest BCUT2D eigenvalue weighted by Crippen LogP contribution is -1.90. The van der Waals surface area contributed by atoms with Gasteiger partial charge in [0, 0.05) is 5.57 Å². The number of aldehydes is 1. The second-order valence-electron chi connectivity index (χ2n) is 1.91. The number of halogens is 1. The van der Waals surface area contributed by atoms with Crippen molar-refractivity contribution >= 4 is 6.29 Å². The molecule has 0 bridgehead atoms. The molecule has 0 atom stereocenters. The molecule has 0 aromatic rings. The van der Waals surface area contributed by atoms with Gasteiger partial charge in [0.1, 0.15) is 5.83 Å². The Balaban J connectivity index is 2.79. The number of carbonyl (C=O) groups is 1. The molecule has 1 rings (SSSR count). The van der Waals surface area contributed by atoms with Gasteiger partial charge in [0.2, 0.25) is 0 Å². The number of allylic oxidation sites excluding steroid dienone is 4. The monoisotopic (exact) mass is 126 g/mol. The first kappa shape index (κ1) is 6.20. The normalized spacial score (nSPS) is 18.3. The van der Waals surface area contributed by atoms with E-state index in [1.165, 1.54) is 6.08 Å². The maximum atomic E-state index is 12.4. The molecule has 2 heteroatoms. The summed E-state index contributed by atoms with van der Waals surface area (Å²) in [5, 5.41) is 0. The molecule has 48 valence electrons. The average Bonchev–Trinajstić information content (AvgIpc) is 1.89. The summed E-state index contributed by atoms with van der Waals surface area (Å²) >= 11 is 0. The molecule has 9 heavy (non-hydrogen) atoms. The highest BCUT2D eigenvalue weighted by atomic mass is 19.1. The second kappa shape index (κ2) is 2.58. The Bertz CT molecular complexity index is 179. The lowest BCUT2D eigenvalue weighted by Gasteiger charge is -2.00. The van der Waals surface area contributed by atoms with E-state index in [0.29, 0.717) is 12.7 Å². The Morgan fingerprint density at radius 1 is 1.44 bits per heavy atom. The fourth-order valence-electron chi connectivity index (χ4n) is 0.769. The third kappa shape index (κ3) is 1.25. The summed E-state index contributed by atoms with van der Waals surface area (Å²) in [5.41, 5.74) is 0.196. The fraction of sp³-hybridized carbons (Fsp3) is 0.286. The van der Waals surface area contributed by atoms with E-state index in [4.69, 9.17) is 0 Å². The van der Waals surface area contributed by atoms with Gasteiger partial charge in [-0.05, 0) is 18.9 Å². The molecule has 0 saturated carbocycles. The van der Waals surface area contributed by atoms with Crippen LogP contribution < -0.4 is 0 Å². The van der Waals surface area contributed by atoms with Gasteiger partial charge in [-0.1, -0.05) is 6.08 Å². The largest absolute Gasteiger partial charge is 0.298 e. The first-order valence-corrected chi connectivity index (χ1v) is 2.86. The summed E-state index contributed by atoms with van der Waals surface area (Å²) in [4.78, 5) is 10.0. The van der Waals surface area contributed by atoms with E-state index in [-0.39, 0.29) is 11.4 Å². The van der Waals surface area contributed by atoms with Gasteiger partial charge >= 0.3 is 0 Å². The molecule has 0 amide bonds. The van der Waals surface area contributed by atoms with Gasteiger partial charge in [-0.25, -0.2) is 4.39 Å². The molecule has 0 heterocycles. The van der Waals surface area contributed by atoms with Crippen molar-refractivity contribution in [3.63, 3.8) is 0 Å². The predicted octanol–water partition coefficient (Wildman–Crippen LogP) is 1.76. The Morgan fingerprint density at radius 2 is 2.11 bits per heavy atom. The van der Waals surface area contributed by atoms with E-state index in [1.54, 1.807) is 6.08 Å². The van der Waals surface area contributed by atoms with E-state index in [9.17, 15) is 9.18 Å². The molecule has 0 unspecified atom stereocenters. The summed E-state index contributed by atoms with van der Waals surface area (Å²) in [6.07, 6.45) is 5.09. The average molecular weight is 126 g/mol. The number of rotatable bonds is 1. The van der Waals surface area contributed by atoms with Gasteiger partial charge in [0.05, 0.1) is 0 Å². The molecule has 0 fully saturated rings. The summed E-state index contributed by atoms with van der Waals surface area (Å²) in [7, 11) is 0. The van der Waals surface area contributed by atoms with Crippen LogP contribution in [0.3, 0.4) is 0 Å². The Labute approximate surface area is 52.9 Å². The molecular formula is C7H7FO. The Kier molecular flexibility index (Phi) is 1.78. The summed E-state index contributed by atoms with van der Waals surface area (Å²) in [5.74, 6) is -0.378. The van der Waals surface area contributed by atoms with E-state index in [2.05, 4.69) is 0 Å². The second-order valence-corrected chi connectivity index (χ2v) is 1.91. The minimum Gasteiger partial charge on any atom is -0.298 e. The van der Waals surface area contributed by atoms with Crippen LogP contribution in [0.5, 0.6) is 0 Å². The van der Waals surface area contributed by atoms with E-state index in [0.717, 1.165) is 6.42 Å². The smallest absolute Gasteiger partial charge is 0.152 e. The molecule has 1 nitrogen and oxygen atoms in total. The standard InChI is InChI=1S/C7H7FO/c8-7-4-2-1-3-6(7)5-9/h3-5H,1-2H2. The van der Waals surface area contributed by atoms with Crippen LogP contribution in [0.4, 0.5) is 4.39 Å². The lowest BCUT2D eigenvalue weighted by molar-refractivity contribution is -0.104. The van der Waals surface area contributed by atoms with Crippen LogP contribution in [-0.4, -0.2) is 6.29 Å². The fourth-order valence-corrected chi connectivity index (χ4v) is 0.769. The molecule has 0 N–H and O–H groups in total. The van der Waals surface area contributed by atoms with Crippen LogP contribution in [0.25, 0.3) is 0 Å². The van der Waals surface area contributed by atoms with Crippen LogP contribution in [0, 0.1) is 0 Å². The summed E-state index contributed by atoms with van der Waals surface area (Å²) in [6.45, 7) is 0. The molecule has 0 spiro atoms. The summed E-state index contributed by atoms with van der Waals surface area (Å²) in [6, 6.07) is 0. The maximum Gasteiger partial charge on any atom is 0.152 e. The van der Waals surface area contributed by atoms with Gasteiger partial charge in [-0.15, -0.1) is 0 Å². The maximum absolute atomic E-state index is 12.4. The molecule has 1 aliphatic rings. The number of hydrogen-bond acceptors (Lipinski definition) is 1. The first-order valence-electron chi connectivity index (χ1n) is 2.86. The van der Waals surface area contributed by atoms with Gasteiger partial charge < -0.3 is 0 Å². The summed E-state index contributed by atoms with van der Waals surface area (Å²) < 4.78 is 12.4. The lowest BCUT2D eigenvalue weighted by atomic mass is 10.1. The minimum absolute atomic E-state index is 0.196. The van der Waals surface area contributed by atoms with Crippen LogP contribution in [0.2, 0.25) is 0 Å². The molecule has 0 radical (unpaired) electrons. The molecule has 0 aromatic carbocycles. The zero-order valence-electron chi connectivity index (χ0n) is 4.93. The van der Waals surface area contributed by atoms with E-state index < -0.39 is 0 Å². The minimum atomic E-state index is -0.378. The van der Waals surface area contributed by atoms with Crippen molar-refractivity contribution in [3.8, 4) is 0 Å². The molecule has 0 aliphatic heterocycles. The van der Waals surface area contributed by atoms with Crippen molar-refractivity contribution in [2.45, 2.75) is 12.8 Å². The first-order chi connectivity index (χ1) is 4.34. The molecule has 1 aliphatic carbocycles. The van der Waals surface area contributed by atoms with Crippen LogP contribution in [-0.2, 0) is 4.79 Å². The Morgan fingerprint density at radius 3 is 2.56 bits per heavy atom. The van der Waals surface area contributed by atoms with Crippen LogP contribution in [0.1, 0.15) is 12.8 Å². The van der Waals surface area contributed by atoms with Crippen LogP contribution in [0.15, 0.2) is 23.6 Å². The highest BCUT2D eigenvalue weighted by Crippen LogP contribution is 2.16. The van der Waals surface area contributed by atoms with Crippen molar-refractivity contribution in [1.29, 1.82) is 0 Å². The topological polar surface area (TPSA) is 17.1 Å². The third-order valence-corrected chi connectivity index (χ3v) is 1.26. The number of hydrogen-bond donors (Lipinski definition) is 0. The van der Waals surface area contributed by atoms with Gasteiger partial charge in [-0.2, -0.15) is 0 Å². The van der Waals surface area contributed by atoms with E-state index in [1.807, 2.05) is 0 Å². The Hall–Kier alpha value is -0.920. The van der Waals surface area contributed by atoms with Gasteiger partial charge in [0.25, 0.3) is 0 Å². The van der Waals surface area contributed by atoms with Gasteiger partial charge in [-0.3, -0.25) is 4.79 Å². The number of carbonyl (C=O) groups excluding carboxylic acids is 1. The van der Waals surface area contributed by atoms with Crippen molar-refractivity contribution in [2.75, 3.05) is 0 Å². The third-order valence-electron chi connectivity index (χ3n) is 1.26. The zero-order chi connectivity index (χ0) is 6.69. The van der Waals surface area contributed by atoms with Crippen LogP contribution >= 0.6 is 0 Å². The molecule has 0 saturated heterocycles. The van der Waals surface area contributed by atoms with Crippen molar-refractivity contribution < 1.29 is 9.18 Å². The van der Waals surface area contributed by atoms with Crippen molar-refractivity contribution in [2.24, 2.45) is 0 Å². The molecular weight excluding hydrogens is 119 g/mol. The SMILES string of the molecule is O=CC1=CCCC=C1F. The van der Waals surface area contributed by atoms with Gasteiger partial charge in [0.15, 0.2) is 6.29 Å². The highest BCUT2D eigenvalue weighted by Gasteiger charge is 2.04. The highest BCUT2D eigenvalue weighted by molar-refractivity contribution is 5.79. The zero-order valence-corrected chi connectivity index (χ0v) is 4.93. The molecule has 0 aromatic heterocycles. The quantitative estimate of drug-likeness (QED) is 0.489. The van der Waals surface area contributed by atoms with Crippen molar-refractivity contribution in [3.05, 3.63) is 23.6 Å². The van der Waals surface area contributed by atoms with Crippen molar-refractivity contribution in [1.82, 2.24) is 0 Å².